The first-order valence-corrected chi connectivity index (χ1v) is 11.5. The van der Waals surface area contributed by atoms with Gasteiger partial charge in [0.2, 0.25) is 17.7 Å². The molecule has 0 heterocycles. The monoisotopic (exact) mass is 500 g/mol. The molecule has 3 amide bonds. The Morgan fingerprint density at radius 1 is 0.944 bits per heavy atom. The molecule has 0 saturated carbocycles. The number of ketones is 1. The normalized spacial score (nSPS) is 12.2. The summed E-state index contributed by atoms with van der Waals surface area (Å²) in [5.74, 6) is -2.97. The summed E-state index contributed by atoms with van der Waals surface area (Å²) < 4.78 is 26.6. The number of hydrogen-bond acceptors (Lipinski definition) is 5. The Bertz CT molecular complexity index is 1110. The third-order valence-electron chi connectivity index (χ3n) is 5.55. The summed E-state index contributed by atoms with van der Waals surface area (Å²) in [7, 11) is 0. The Labute approximate surface area is 208 Å². The molecule has 2 aromatic rings. The predicted octanol–water partition coefficient (Wildman–Crippen LogP) is 2.51. The third kappa shape index (κ3) is 9.01. The zero-order valence-electron chi connectivity index (χ0n) is 20.2. The van der Waals surface area contributed by atoms with Crippen LogP contribution in [0.1, 0.15) is 42.9 Å². The Kier molecular flexibility index (Phi) is 10.9. The SMILES string of the molecule is CCC(=O)N[C@@H](Cc1ccc(F)cc1C)C(=O)N[C@@H](CCC(=O)C=N)C(=O)NCc1ccc(F)cc1. The molecule has 8 nitrogen and oxygen atoms in total. The summed E-state index contributed by atoms with van der Waals surface area (Å²) in [5.41, 5.74) is 1.87. The first-order valence-electron chi connectivity index (χ1n) is 11.5. The number of rotatable bonds is 13. The van der Waals surface area contributed by atoms with E-state index in [0.29, 0.717) is 22.9 Å². The molecule has 0 aliphatic rings. The van der Waals surface area contributed by atoms with E-state index in [0.717, 1.165) is 0 Å². The van der Waals surface area contributed by atoms with Crippen molar-refractivity contribution in [2.24, 2.45) is 0 Å². The van der Waals surface area contributed by atoms with Crippen LogP contribution in [0.15, 0.2) is 42.5 Å². The molecule has 0 bridgehead atoms. The fraction of sp³-hybridized carbons (Fsp3) is 0.346. The van der Waals surface area contributed by atoms with Crippen molar-refractivity contribution in [3.63, 3.8) is 0 Å². The highest BCUT2D eigenvalue weighted by Gasteiger charge is 2.27. The van der Waals surface area contributed by atoms with Crippen LogP contribution in [0.3, 0.4) is 0 Å². The van der Waals surface area contributed by atoms with Gasteiger partial charge in [-0.2, -0.15) is 0 Å². The summed E-state index contributed by atoms with van der Waals surface area (Å²) in [6.07, 6.45) is 0.603. The molecule has 0 fully saturated rings. The number of amides is 3. The number of hydrogen-bond donors (Lipinski definition) is 4. The van der Waals surface area contributed by atoms with E-state index in [9.17, 15) is 28.0 Å². The molecule has 10 heteroatoms. The van der Waals surface area contributed by atoms with Gasteiger partial charge in [-0.15, -0.1) is 0 Å². The Hall–Kier alpha value is -3.95. The Morgan fingerprint density at radius 3 is 2.22 bits per heavy atom. The van der Waals surface area contributed by atoms with Gasteiger partial charge in [-0.3, -0.25) is 19.2 Å². The number of carbonyl (C=O) groups excluding carboxylic acids is 4. The van der Waals surface area contributed by atoms with Crippen LogP contribution in [0.4, 0.5) is 8.78 Å². The molecule has 4 N–H and O–H groups in total. The zero-order chi connectivity index (χ0) is 26.7. The number of aryl methyl sites for hydroxylation is 1. The molecule has 192 valence electrons. The van der Waals surface area contributed by atoms with E-state index in [2.05, 4.69) is 16.0 Å². The lowest BCUT2D eigenvalue weighted by Crippen LogP contribution is -2.54. The molecule has 0 aliphatic carbocycles. The van der Waals surface area contributed by atoms with E-state index in [4.69, 9.17) is 5.41 Å². The average Bonchev–Trinajstić information content (AvgIpc) is 2.86. The maximum absolute atomic E-state index is 13.5. The minimum atomic E-state index is -1.13. The standard InChI is InChI=1S/C26H30F2N4O4/c1-3-24(34)31-23(13-18-6-9-20(28)12-16(18)2)26(36)32-22(11-10-21(33)14-29)25(35)30-15-17-4-7-19(27)8-5-17/h4-9,12,14,22-23,29H,3,10-11,13,15H2,1-2H3,(H,30,35)(H,31,34)(H,32,36)/t22-,23-/m0/s1. The number of nitrogens with one attached hydrogen (secondary N) is 4. The summed E-state index contributed by atoms with van der Waals surface area (Å²) in [4.78, 5) is 49.8. The quantitative estimate of drug-likeness (QED) is 0.315. The molecular weight excluding hydrogens is 470 g/mol. The first kappa shape index (κ1) is 28.3. The summed E-state index contributed by atoms with van der Waals surface area (Å²) >= 11 is 0. The lowest BCUT2D eigenvalue weighted by molar-refractivity contribution is -0.132. The van der Waals surface area contributed by atoms with Crippen LogP contribution in [0.25, 0.3) is 0 Å². The van der Waals surface area contributed by atoms with Gasteiger partial charge >= 0.3 is 0 Å². The van der Waals surface area contributed by atoms with E-state index in [1.54, 1.807) is 13.8 Å². The minimum absolute atomic E-state index is 0.0625. The Morgan fingerprint density at radius 2 is 1.61 bits per heavy atom. The van der Waals surface area contributed by atoms with E-state index in [-0.39, 0.29) is 38.1 Å². The summed E-state index contributed by atoms with van der Waals surface area (Å²) in [6, 6.07) is 7.44. The predicted molar refractivity (Wildman–Crippen MR) is 130 cm³/mol. The average molecular weight is 501 g/mol. The van der Waals surface area contributed by atoms with E-state index < -0.39 is 41.3 Å². The number of carbonyl (C=O) groups is 4. The molecule has 2 aromatic carbocycles. The maximum Gasteiger partial charge on any atom is 0.243 e. The number of halogens is 2. The molecule has 2 rings (SSSR count). The summed E-state index contributed by atoms with van der Waals surface area (Å²) in [5, 5.41) is 14.9. The molecular formula is C26H30F2N4O4. The molecule has 0 aromatic heterocycles. The second-order valence-corrected chi connectivity index (χ2v) is 8.30. The zero-order valence-corrected chi connectivity index (χ0v) is 20.2. The molecule has 0 aliphatic heterocycles. The maximum atomic E-state index is 13.5. The van der Waals surface area contributed by atoms with Crippen LogP contribution in [0, 0.1) is 24.0 Å². The molecule has 2 atom stereocenters. The van der Waals surface area contributed by atoms with Crippen LogP contribution < -0.4 is 16.0 Å². The second-order valence-electron chi connectivity index (χ2n) is 8.30. The van der Waals surface area contributed by atoms with E-state index in [1.165, 1.54) is 42.5 Å². The highest BCUT2D eigenvalue weighted by molar-refractivity contribution is 6.26. The van der Waals surface area contributed by atoms with Gasteiger partial charge in [-0.25, -0.2) is 8.78 Å². The van der Waals surface area contributed by atoms with Crippen molar-refractivity contribution in [1.82, 2.24) is 16.0 Å². The van der Waals surface area contributed by atoms with Crippen LogP contribution >= 0.6 is 0 Å². The van der Waals surface area contributed by atoms with Crippen molar-refractivity contribution in [2.75, 3.05) is 0 Å². The van der Waals surface area contributed by atoms with Gasteiger partial charge in [0, 0.05) is 25.8 Å². The van der Waals surface area contributed by atoms with Crippen molar-refractivity contribution < 1.29 is 28.0 Å². The fourth-order valence-electron chi connectivity index (χ4n) is 3.43. The largest absolute Gasteiger partial charge is 0.350 e. The number of benzene rings is 2. The van der Waals surface area contributed by atoms with Crippen molar-refractivity contribution >= 4 is 29.7 Å². The van der Waals surface area contributed by atoms with Crippen molar-refractivity contribution in [2.45, 2.75) is 58.2 Å². The van der Waals surface area contributed by atoms with E-state index >= 15 is 0 Å². The van der Waals surface area contributed by atoms with E-state index in [1.807, 2.05) is 0 Å². The first-order chi connectivity index (χ1) is 17.1. The highest BCUT2D eigenvalue weighted by atomic mass is 19.1. The molecule has 0 radical (unpaired) electrons. The second kappa shape index (κ2) is 13.8. The van der Waals surface area contributed by atoms with Crippen molar-refractivity contribution in [1.29, 1.82) is 5.41 Å². The smallest absolute Gasteiger partial charge is 0.243 e. The number of Topliss-reactive ketones (excluding diaryl/α,β-unsaturated/α-hetero) is 1. The van der Waals surface area contributed by atoms with Crippen molar-refractivity contribution in [3.8, 4) is 0 Å². The fourth-order valence-corrected chi connectivity index (χ4v) is 3.43. The highest BCUT2D eigenvalue weighted by Crippen LogP contribution is 2.13. The van der Waals surface area contributed by atoms with Gasteiger partial charge in [0.1, 0.15) is 23.7 Å². The van der Waals surface area contributed by atoms with Gasteiger partial charge in [-0.05, 0) is 54.3 Å². The lowest BCUT2D eigenvalue weighted by Gasteiger charge is -2.23. The Balaban J connectivity index is 2.18. The van der Waals surface area contributed by atoms with Crippen LogP contribution in [0.2, 0.25) is 0 Å². The van der Waals surface area contributed by atoms with Crippen molar-refractivity contribution in [3.05, 3.63) is 70.8 Å². The molecule has 36 heavy (non-hydrogen) atoms. The van der Waals surface area contributed by atoms with Gasteiger partial charge in [0.05, 0.1) is 6.21 Å². The molecule has 0 unspecified atom stereocenters. The topological polar surface area (TPSA) is 128 Å². The lowest BCUT2D eigenvalue weighted by atomic mass is 9.99. The minimum Gasteiger partial charge on any atom is -0.350 e. The summed E-state index contributed by atoms with van der Waals surface area (Å²) in [6.45, 7) is 3.38. The van der Waals surface area contributed by atoms with Crippen LogP contribution in [-0.4, -0.2) is 41.8 Å². The molecule has 0 saturated heterocycles. The van der Waals surface area contributed by atoms with Crippen LogP contribution in [0.5, 0.6) is 0 Å². The van der Waals surface area contributed by atoms with Gasteiger partial charge in [0.25, 0.3) is 0 Å². The van der Waals surface area contributed by atoms with Gasteiger partial charge in [0.15, 0.2) is 5.78 Å². The van der Waals surface area contributed by atoms with Gasteiger partial charge in [-0.1, -0.05) is 25.1 Å². The van der Waals surface area contributed by atoms with Gasteiger partial charge < -0.3 is 21.4 Å². The van der Waals surface area contributed by atoms with Crippen LogP contribution in [-0.2, 0) is 32.1 Å². The third-order valence-corrected chi connectivity index (χ3v) is 5.55. The molecule has 0 spiro atoms.